The van der Waals surface area contributed by atoms with Crippen LogP contribution in [0.15, 0.2) is 42.6 Å². The zero-order chi connectivity index (χ0) is 22.1. The summed E-state index contributed by atoms with van der Waals surface area (Å²) in [5.74, 6) is -0.460. The Morgan fingerprint density at radius 3 is 2.91 bits per heavy atom. The van der Waals surface area contributed by atoms with E-state index in [1.165, 1.54) is 23.5 Å². The first kappa shape index (κ1) is 21.0. The second-order valence-corrected chi connectivity index (χ2v) is 8.86. The molecule has 0 aliphatic carbocycles. The number of aromatic nitrogens is 3. The number of nitrogens with zero attached hydrogens (tertiary/aromatic N) is 5. The number of hydrogen-bond acceptors (Lipinski definition) is 6. The lowest BCUT2D eigenvalue weighted by atomic mass is 10.2. The zero-order valence-corrected chi connectivity index (χ0v) is 18.6. The summed E-state index contributed by atoms with van der Waals surface area (Å²) in [6, 6.07) is 10.2. The Morgan fingerprint density at radius 2 is 2.06 bits per heavy atom. The van der Waals surface area contributed by atoms with Gasteiger partial charge in [-0.05, 0) is 43.7 Å². The monoisotopic (exact) mass is 453 g/mol. The molecule has 0 saturated carbocycles. The van der Waals surface area contributed by atoms with E-state index < -0.39 is 0 Å². The van der Waals surface area contributed by atoms with Gasteiger partial charge in [-0.2, -0.15) is 0 Å². The van der Waals surface area contributed by atoms with Gasteiger partial charge in [0.2, 0.25) is 0 Å². The summed E-state index contributed by atoms with van der Waals surface area (Å²) < 4.78 is 21.7. The van der Waals surface area contributed by atoms with Gasteiger partial charge in [0.1, 0.15) is 17.2 Å². The SMILES string of the molecule is Cc1nc2ccccn2c1C(=O)N(CCCN1CCOCC1)c1nc2ccc(F)cc2s1. The quantitative estimate of drug-likeness (QED) is 0.445. The molecule has 1 aliphatic heterocycles. The molecule has 0 N–H and O–H groups in total. The van der Waals surface area contributed by atoms with Gasteiger partial charge in [0.15, 0.2) is 5.13 Å². The number of fused-ring (bicyclic) bond motifs is 2. The molecule has 1 aromatic carbocycles. The van der Waals surface area contributed by atoms with E-state index in [1.807, 2.05) is 35.7 Å². The summed E-state index contributed by atoms with van der Waals surface area (Å²) in [5.41, 5.74) is 2.61. The molecule has 166 valence electrons. The molecule has 1 aliphatic rings. The molecule has 1 fully saturated rings. The average molecular weight is 454 g/mol. The van der Waals surface area contributed by atoms with Gasteiger partial charge in [0, 0.05) is 32.4 Å². The fourth-order valence-corrected chi connectivity index (χ4v) is 5.08. The van der Waals surface area contributed by atoms with Gasteiger partial charge in [-0.1, -0.05) is 17.4 Å². The third kappa shape index (κ3) is 4.11. The van der Waals surface area contributed by atoms with Crippen LogP contribution in [0.2, 0.25) is 0 Å². The van der Waals surface area contributed by atoms with Crippen LogP contribution in [0.4, 0.5) is 9.52 Å². The van der Waals surface area contributed by atoms with Crippen LogP contribution in [0.25, 0.3) is 15.9 Å². The minimum atomic E-state index is -0.310. The maximum absolute atomic E-state index is 13.8. The first-order chi connectivity index (χ1) is 15.6. The van der Waals surface area contributed by atoms with Gasteiger partial charge < -0.3 is 4.74 Å². The Kier molecular flexibility index (Phi) is 5.86. The molecule has 0 bridgehead atoms. The fourth-order valence-electron chi connectivity index (χ4n) is 4.06. The van der Waals surface area contributed by atoms with Gasteiger partial charge in [-0.25, -0.2) is 14.4 Å². The van der Waals surface area contributed by atoms with Crippen molar-refractivity contribution in [1.82, 2.24) is 19.3 Å². The molecule has 5 rings (SSSR count). The summed E-state index contributed by atoms with van der Waals surface area (Å²) in [7, 11) is 0. The predicted octanol–water partition coefficient (Wildman–Crippen LogP) is 3.76. The van der Waals surface area contributed by atoms with Crippen molar-refractivity contribution in [2.45, 2.75) is 13.3 Å². The molecule has 0 unspecified atom stereocenters. The lowest BCUT2D eigenvalue weighted by molar-refractivity contribution is 0.0376. The number of halogens is 1. The highest BCUT2D eigenvalue weighted by atomic mass is 32.1. The van der Waals surface area contributed by atoms with Crippen LogP contribution in [0.1, 0.15) is 22.6 Å². The molecule has 9 heteroatoms. The molecule has 0 atom stereocenters. The molecular formula is C23H24FN5O2S. The molecule has 7 nitrogen and oxygen atoms in total. The Labute approximate surface area is 189 Å². The maximum atomic E-state index is 13.8. The number of ether oxygens (including phenoxy) is 1. The van der Waals surface area contributed by atoms with Crippen LogP contribution < -0.4 is 4.90 Å². The summed E-state index contributed by atoms with van der Waals surface area (Å²) in [6.07, 6.45) is 2.65. The van der Waals surface area contributed by atoms with Crippen LogP contribution >= 0.6 is 11.3 Å². The van der Waals surface area contributed by atoms with E-state index in [9.17, 15) is 9.18 Å². The van der Waals surface area contributed by atoms with Crippen molar-refractivity contribution in [3.8, 4) is 0 Å². The zero-order valence-electron chi connectivity index (χ0n) is 17.8. The van der Waals surface area contributed by atoms with Crippen LogP contribution in [-0.2, 0) is 4.74 Å². The number of amides is 1. The molecule has 4 heterocycles. The van der Waals surface area contributed by atoms with Crippen molar-refractivity contribution in [3.63, 3.8) is 0 Å². The molecular weight excluding hydrogens is 429 g/mol. The van der Waals surface area contributed by atoms with Crippen LogP contribution in [0.3, 0.4) is 0 Å². The van der Waals surface area contributed by atoms with E-state index in [-0.39, 0.29) is 11.7 Å². The molecule has 3 aromatic heterocycles. The Balaban J connectivity index is 1.47. The van der Waals surface area contributed by atoms with Crippen molar-refractivity contribution in [3.05, 3.63) is 59.8 Å². The molecule has 32 heavy (non-hydrogen) atoms. The van der Waals surface area contributed by atoms with Crippen molar-refractivity contribution in [2.24, 2.45) is 0 Å². The highest BCUT2D eigenvalue weighted by Crippen LogP contribution is 2.31. The van der Waals surface area contributed by atoms with E-state index in [4.69, 9.17) is 4.74 Å². The van der Waals surface area contributed by atoms with E-state index in [0.717, 1.165) is 49.6 Å². The Hall–Kier alpha value is -2.88. The van der Waals surface area contributed by atoms with E-state index in [2.05, 4.69) is 14.9 Å². The van der Waals surface area contributed by atoms with E-state index in [0.29, 0.717) is 28.6 Å². The third-order valence-corrected chi connectivity index (χ3v) is 6.72. The lowest BCUT2D eigenvalue weighted by Gasteiger charge is -2.27. The van der Waals surface area contributed by atoms with Crippen LogP contribution in [0, 0.1) is 12.7 Å². The largest absolute Gasteiger partial charge is 0.379 e. The minimum Gasteiger partial charge on any atom is -0.379 e. The normalized spacial score (nSPS) is 14.9. The van der Waals surface area contributed by atoms with Gasteiger partial charge in [-0.15, -0.1) is 0 Å². The number of imidazole rings is 1. The number of pyridine rings is 1. The van der Waals surface area contributed by atoms with Gasteiger partial charge in [0.05, 0.1) is 29.1 Å². The standard InChI is InChI=1S/C23H24FN5O2S/c1-16-21(28-9-3-2-5-20(28)25-16)22(30)29(10-4-8-27-11-13-31-14-12-27)23-26-18-7-6-17(24)15-19(18)32-23/h2-3,5-7,9,15H,4,8,10-14H2,1H3. The lowest BCUT2D eigenvalue weighted by Crippen LogP contribution is -2.39. The number of anilines is 1. The summed E-state index contributed by atoms with van der Waals surface area (Å²) in [5, 5.41) is 0.572. The number of hydrogen-bond donors (Lipinski definition) is 0. The van der Waals surface area contributed by atoms with E-state index in [1.54, 1.807) is 11.0 Å². The number of morpholine rings is 1. The number of aryl methyl sites for hydroxylation is 1. The number of thiazole rings is 1. The Bertz CT molecular complexity index is 1260. The highest BCUT2D eigenvalue weighted by Gasteiger charge is 2.26. The van der Waals surface area contributed by atoms with Crippen molar-refractivity contribution < 1.29 is 13.9 Å². The Morgan fingerprint density at radius 1 is 1.22 bits per heavy atom. The topological polar surface area (TPSA) is 63.0 Å². The summed E-state index contributed by atoms with van der Waals surface area (Å²) >= 11 is 1.33. The first-order valence-corrected chi connectivity index (χ1v) is 11.5. The summed E-state index contributed by atoms with van der Waals surface area (Å²) in [6.45, 7) is 6.53. The van der Waals surface area contributed by atoms with Crippen molar-refractivity contribution >= 4 is 38.2 Å². The van der Waals surface area contributed by atoms with Gasteiger partial charge >= 0.3 is 0 Å². The molecule has 0 spiro atoms. The van der Waals surface area contributed by atoms with E-state index >= 15 is 0 Å². The number of carbonyl (C=O) groups excluding carboxylic acids is 1. The smallest absolute Gasteiger partial charge is 0.278 e. The fraction of sp³-hybridized carbons (Fsp3) is 0.348. The molecule has 4 aromatic rings. The van der Waals surface area contributed by atoms with Crippen molar-refractivity contribution in [2.75, 3.05) is 44.3 Å². The summed E-state index contributed by atoms with van der Waals surface area (Å²) in [4.78, 5) is 27.1. The highest BCUT2D eigenvalue weighted by molar-refractivity contribution is 7.22. The van der Waals surface area contributed by atoms with Gasteiger partial charge in [-0.3, -0.25) is 19.0 Å². The first-order valence-electron chi connectivity index (χ1n) is 10.7. The van der Waals surface area contributed by atoms with Gasteiger partial charge in [0.25, 0.3) is 5.91 Å². The number of benzene rings is 1. The second-order valence-electron chi connectivity index (χ2n) is 7.85. The number of rotatable bonds is 6. The predicted molar refractivity (Wildman–Crippen MR) is 123 cm³/mol. The van der Waals surface area contributed by atoms with Crippen LogP contribution in [-0.4, -0.2) is 64.6 Å². The molecule has 0 radical (unpaired) electrons. The second kappa shape index (κ2) is 8.93. The minimum absolute atomic E-state index is 0.150. The molecule has 1 saturated heterocycles. The van der Waals surface area contributed by atoms with Crippen molar-refractivity contribution in [1.29, 1.82) is 0 Å². The number of carbonyl (C=O) groups is 1. The van der Waals surface area contributed by atoms with Crippen LogP contribution in [0.5, 0.6) is 0 Å². The molecule has 1 amide bonds. The third-order valence-electron chi connectivity index (χ3n) is 5.68. The maximum Gasteiger partial charge on any atom is 0.278 e. The average Bonchev–Trinajstić information content (AvgIpc) is 3.36.